The maximum absolute atomic E-state index is 11.9. The van der Waals surface area contributed by atoms with Gasteiger partial charge in [0.05, 0.1) is 29.1 Å². The maximum Gasteiger partial charge on any atom is 0.397 e. The number of rotatable bonds is 6. The van der Waals surface area contributed by atoms with Crippen LogP contribution >= 0.6 is 0 Å². The Labute approximate surface area is 156 Å². The lowest BCUT2D eigenvalue weighted by molar-refractivity contribution is -0.393. The van der Waals surface area contributed by atoms with Gasteiger partial charge in [-0.3, -0.25) is 35.8 Å². The summed E-state index contributed by atoms with van der Waals surface area (Å²) >= 11 is 0. The molecule has 0 unspecified atom stereocenters. The van der Waals surface area contributed by atoms with Crippen LogP contribution in [0.15, 0.2) is 23.3 Å². The van der Waals surface area contributed by atoms with Crippen molar-refractivity contribution < 1.29 is 33.7 Å². The number of hydrogen-bond acceptors (Lipinski definition) is 11. The molecule has 0 spiro atoms. The van der Waals surface area contributed by atoms with Gasteiger partial charge in [0.15, 0.2) is 0 Å². The molecule has 0 aromatic heterocycles. The summed E-state index contributed by atoms with van der Waals surface area (Å²) in [7, 11) is 0. The summed E-state index contributed by atoms with van der Waals surface area (Å²) < 4.78 is 9.12. The van der Waals surface area contributed by atoms with E-state index in [1.807, 2.05) is 5.32 Å². The number of nitro benzene ring substituents is 2. The van der Waals surface area contributed by atoms with E-state index in [0.29, 0.717) is 6.07 Å². The number of hydrazone groups is 1. The Bertz CT molecular complexity index is 836. The van der Waals surface area contributed by atoms with Gasteiger partial charge < -0.3 is 9.47 Å². The molecular weight excluding hydrogens is 382 g/mol. The SMILES string of the molecule is CCOC(=O)C(=O)N/C(=N\Nc1ccc([N+](=O)[O-])cc1[N+](=O)[O-])C(=O)OCC. The third-order valence-electron chi connectivity index (χ3n) is 2.84. The highest BCUT2D eigenvalue weighted by molar-refractivity contribution is 6.45. The molecule has 14 heteroatoms. The van der Waals surface area contributed by atoms with E-state index in [-0.39, 0.29) is 18.9 Å². The molecule has 0 radical (unpaired) electrons. The van der Waals surface area contributed by atoms with E-state index in [0.717, 1.165) is 12.1 Å². The number of anilines is 1. The molecule has 0 heterocycles. The highest BCUT2D eigenvalue weighted by Crippen LogP contribution is 2.28. The summed E-state index contributed by atoms with van der Waals surface area (Å²) in [5, 5.41) is 27.2. The quantitative estimate of drug-likeness (QED) is 0.170. The van der Waals surface area contributed by atoms with Crippen LogP contribution in [0, 0.1) is 20.2 Å². The monoisotopic (exact) mass is 397 g/mol. The van der Waals surface area contributed by atoms with Crippen LogP contribution in [0.25, 0.3) is 0 Å². The summed E-state index contributed by atoms with van der Waals surface area (Å²) in [6, 6.07) is 2.63. The zero-order chi connectivity index (χ0) is 21.3. The van der Waals surface area contributed by atoms with Gasteiger partial charge in [-0.25, -0.2) is 9.59 Å². The molecule has 1 amide bonds. The van der Waals surface area contributed by atoms with Crippen molar-refractivity contribution in [2.24, 2.45) is 5.10 Å². The fourth-order valence-corrected chi connectivity index (χ4v) is 1.67. The first-order valence-corrected chi connectivity index (χ1v) is 7.62. The van der Waals surface area contributed by atoms with E-state index >= 15 is 0 Å². The maximum atomic E-state index is 11.9. The minimum absolute atomic E-state index is 0.0919. The molecule has 1 rings (SSSR count). The number of nitro groups is 2. The lowest BCUT2D eigenvalue weighted by Gasteiger charge is -2.08. The number of carbonyl (C=O) groups excluding carboxylic acids is 3. The van der Waals surface area contributed by atoms with Crippen molar-refractivity contribution in [3.63, 3.8) is 0 Å². The normalized spacial score (nSPS) is 10.6. The highest BCUT2D eigenvalue weighted by atomic mass is 16.6. The van der Waals surface area contributed by atoms with Crippen LogP contribution in [0.4, 0.5) is 17.1 Å². The lowest BCUT2D eigenvalue weighted by atomic mass is 10.2. The molecule has 150 valence electrons. The number of nitrogens with one attached hydrogen (secondary N) is 2. The van der Waals surface area contributed by atoms with Gasteiger partial charge in [-0.2, -0.15) is 0 Å². The number of nitrogens with zero attached hydrogens (tertiary/aromatic N) is 3. The molecule has 0 aliphatic carbocycles. The fourth-order valence-electron chi connectivity index (χ4n) is 1.67. The standard InChI is InChI=1S/C14H15N5O9/c1-3-27-13(21)11(15-12(20)14(22)28-4-2)17-16-9-6-5-8(18(23)24)7-10(9)19(25)26/h5-7,16H,3-4H2,1-2H3,(H,15,17,20). The second-order valence-corrected chi connectivity index (χ2v) is 4.68. The zero-order valence-corrected chi connectivity index (χ0v) is 14.7. The van der Waals surface area contributed by atoms with Crippen LogP contribution in [-0.4, -0.2) is 46.7 Å². The number of benzene rings is 1. The van der Waals surface area contributed by atoms with Gasteiger partial charge in [-0.1, -0.05) is 0 Å². The van der Waals surface area contributed by atoms with Gasteiger partial charge in [-0.05, 0) is 19.9 Å². The molecular formula is C14H15N5O9. The third-order valence-corrected chi connectivity index (χ3v) is 2.84. The predicted octanol–water partition coefficient (Wildman–Crippen LogP) is 0.471. The Morgan fingerprint density at radius 1 is 1.04 bits per heavy atom. The molecule has 0 atom stereocenters. The molecule has 0 aliphatic rings. The van der Waals surface area contributed by atoms with Crippen LogP contribution in [0.3, 0.4) is 0 Å². The van der Waals surface area contributed by atoms with Crippen LogP contribution < -0.4 is 10.7 Å². The average Bonchev–Trinajstić information content (AvgIpc) is 2.64. The van der Waals surface area contributed by atoms with Gasteiger partial charge in [0.1, 0.15) is 5.69 Å². The Morgan fingerprint density at radius 3 is 2.18 bits per heavy atom. The largest absolute Gasteiger partial charge is 0.460 e. The smallest absolute Gasteiger partial charge is 0.397 e. The predicted molar refractivity (Wildman–Crippen MR) is 92.2 cm³/mol. The van der Waals surface area contributed by atoms with E-state index in [2.05, 4.69) is 20.0 Å². The van der Waals surface area contributed by atoms with E-state index in [4.69, 9.17) is 0 Å². The Hall–Kier alpha value is -4.10. The number of amidine groups is 1. The molecule has 2 N–H and O–H groups in total. The van der Waals surface area contributed by atoms with E-state index in [1.165, 1.54) is 13.8 Å². The molecule has 1 aromatic rings. The van der Waals surface area contributed by atoms with Crippen molar-refractivity contribution in [3.05, 3.63) is 38.4 Å². The fraction of sp³-hybridized carbons (Fsp3) is 0.286. The number of amides is 1. The van der Waals surface area contributed by atoms with Gasteiger partial charge in [0, 0.05) is 6.07 Å². The molecule has 0 saturated heterocycles. The summed E-state index contributed by atoms with van der Waals surface area (Å²) in [5.41, 5.74) is 0.566. The van der Waals surface area contributed by atoms with Gasteiger partial charge in [0.2, 0.25) is 5.84 Å². The first kappa shape index (κ1) is 21.9. The van der Waals surface area contributed by atoms with E-state index < -0.39 is 44.9 Å². The third kappa shape index (κ3) is 6.01. The van der Waals surface area contributed by atoms with Crippen molar-refractivity contribution in [2.75, 3.05) is 18.6 Å². The highest BCUT2D eigenvalue weighted by Gasteiger charge is 2.24. The first-order chi connectivity index (χ1) is 13.2. The number of carbonyl (C=O) groups is 3. The Morgan fingerprint density at radius 2 is 1.64 bits per heavy atom. The topological polar surface area (TPSA) is 192 Å². The van der Waals surface area contributed by atoms with Crippen molar-refractivity contribution in [1.82, 2.24) is 5.32 Å². The second-order valence-electron chi connectivity index (χ2n) is 4.68. The van der Waals surface area contributed by atoms with Crippen LogP contribution in [0.1, 0.15) is 13.8 Å². The van der Waals surface area contributed by atoms with Crippen LogP contribution in [0.5, 0.6) is 0 Å². The van der Waals surface area contributed by atoms with E-state index in [1.54, 1.807) is 0 Å². The molecule has 1 aromatic carbocycles. The van der Waals surface area contributed by atoms with Crippen molar-refractivity contribution >= 4 is 40.7 Å². The zero-order valence-electron chi connectivity index (χ0n) is 14.7. The molecule has 0 aliphatic heterocycles. The molecule has 0 bridgehead atoms. The second kappa shape index (κ2) is 10.1. The summed E-state index contributed by atoms with van der Waals surface area (Å²) in [6.07, 6.45) is 0. The molecule has 14 nitrogen and oxygen atoms in total. The van der Waals surface area contributed by atoms with Crippen LogP contribution in [-0.2, 0) is 23.9 Å². The molecule has 0 fully saturated rings. The number of non-ortho nitro benzene ring substituents is 1. The Kier molecular flexibility index (Phi) is 7.95. The minimum Gasteiger partial charge on any atom is -0.460 e. The van der Waals surface area contributed by atoms with Crippen molar-refractivity contribution in [3.8, 4) is 0 Å². The van der Waals surface area contributed by atoms with Crippen LogP contribution in [0.2, 0.25) is 0 Å². The summed E-state index contributed by atoms with van der Waals surface area (Å²) in [5.74, 6) is -4.54. The van der Waals surface area contributed by atoms with Gasteiger partial charge in [0.25, 0.3) is 5.69 Å². The van der Waals surface area contributed by atoms with Crippen molar-refractivity contribution in [1.29, 1.82) is 0 Å². The molecule has 0 saturated carbocycles. The number of hydrogen-bond donors (Lipinski definition) is 2. The minimum atomic E-state index is -1.33. The first-order valence-electron chi connectivity index (χ1n) is 7.62. The van der Waals surface area contributed by atoms with Crippen molar-refractivity contribution in [2.45, 2.75) is 13.8 Å². The summed E-state index contributed by atoms with van der Waals surface area (Å²) in [6.45, 7) is 2.74. The van der Waals surface area contributed by atoms with Gasteiger partial charge >= 0.3 is 23.5 Å². The average molecular weight is 397 g/mol. The van der Waals surface area contributed by atoms with E-state index in [9.17, 15) is 34.6 Å². The van der Waals surface area contributed by atoms with Gasteiger partial charge in [-0.15, -0.1) is 5.10 Å². The summed E-state index contributed by atoms with van der Waals surface area (Å²) in [4.78, 5) is 55.0. The Balaban J connectivity index is 3.17. The lowest BCUT2D eigenvalue weighted by Crippen LogP contribution is -2.42. The number of esters is 2. The number of ether oxygens (including phenoxy) is 2. The molecule has 28 heavy (non-hydrogen) atoms.